The monoisotopic (exact) mass is 444 g/mol. The van der Waals surface area contributed by atoms with Gasteiger partial charge in [0.05, 0.1) is 18.0 Å². The average molecular weight is 445 g/mol. The van der Waals surface area contributed by atoms with Crippen LogP contribution < -0.4 is 5.32 Å². The van der Waals surface area contributed by atoms with E-state index in [4.69, 9.17) is 4.74 Å². The molecule has 174 valence electrons. The molecule has 32 heavy (non-hydrogen) atoms. The highest BCUT2D eigenvalue weighted by atomic mass is 16.5. The molecule has 0 saturated carbocycles. The fraction of sp³-hybridized carbons (Fsp3) is 0.609. The second kappa shape index (κ2) is 9.67. The molecule has 0 spiro atoms. The first-order valence-corrected chi connectivity index (χ1v) is 11.2. The highest BCUT2D eigenvalue weighted by Crippen LogP contribution is 2.37. The number of rotatable bonds is 8. The number of hydrogen-bond donors (Lipinski definition) is 1. The lowest BCUT2D eigenvalue weighted by Gasteiger charge is -2.27. The van der Waals surface area contributed by atoms with E-state index in [1.54, 1.807) is 16.9 Å². The summed E-state index contributed by atoms with van der Waals surface area (Å²) in [4.78, 5) is 52.8. The number of anilines is 1. The van der Waals surface area contributed by atoms with Gasteiger partial charge in [0, 0.05) is 12.1 Å². The van der Waals surface area contributed by atoms with E-state index < -0.39 is 35.9 Å². The molecule has 0 unspecified atom stereocenters. The summed E-state index contributed by atoms with van der Waals surface area (Å²) in [5.41, 5.74) is 0. The molecule has 0 aromatic carbocycles. The Bertz CT molecular complexity index is 893. The summed E-state index contributed by atoms with van der Waals surface area (Å²) in [6, 6.07) is 0.654. The Balaban J connectivity index is 1.72. The van der Waals surface area contributed by atoms with Gasteiger partial charge in [0.25, 0.3) is 5.91 Å². The number of imide groups is 1. The minimum Gasteiger partial charge on any atom is -0.451 e. The van der Waals surface area contributed by atoms with Crippen LogP contribution >= 0.6 is 0 Å². The predicted octanol–water partition coefficient (Wildman–Crippen LogP) is 2.70. The standard InChI is InChI=1S/C23H32N4O5/c1-13(2)12-18(26-21(29)16-8-6-7-9-17(16)22(26)30)23(31)32-15(5)20(28)25-19-10-11-24-27(19)14(3)4/h6-7,10-11,13-18H,8-9,12H2,1-5H3,(H,25,28)/t15-,16-,17+,18+/m1/s1. The zero-order chi connectivity index (χ0) is 23.6. The molecule has 1 aromatic rings. The zero-order valence-electron chi connectivity index (χ0n) is 19.3. The summed E-state index contributed by atoms with van der Waals surface area (Å²) in [5, 5.41) is 6.87. The number of likely N-dealkylation sites (tertiary alicyclic amines) is 1. The summed E-state index contributed by atoms with van der Waals surface area (Å²) < 4.78 is 7.09. The fourth-order valence-corrected chi connectivity index (χ4v) is 4.25. The molecule has 3 amide bonds. The molecular weight excluding hydrogens is 412 g/mol. The minimum absolute atomic E-state index is 0.0402. The molecular formula is C23H32N4O5. The number of carbonyl (C=O) groups is 4. The Labute approximate surface area is 188 Å². The predicted molar refractivity (Wildman–Crippen MR) is 117 cm³/mol. The first kappa shape index (κ1) is 23.7. The quantitative estimate of drug-likeness (QED) is 0.375. The third-order valence-corrected chi connectivity index (χ3v) is 5.89. The van der Waals surface area contributed by atoms with Gasteiger partial charge in [-0.25, -0.2) is 9.48 Å². The van der Waals surface area contributed by atoms with Crippen LogP contribution in [0.1, 0.15) is 59.9 Å². The van der Waals surface area contributed by atoms with E-state index >= 15 is 0 Å². The van der Waals surface area contributed by atoms with Gasteiger partial charge in [-0.3, -0.25) is 19.3 Å². The zero-order valence-corrected chi connectivity index (χ0v) is 19.3. The SMILES string of the molecule is CC(C)C[C@@H](C(=O)O[C@H](C)C(=O)Nc1ccnn1C(C)C)N1C(=O)[C@H]2CC=CC[C@H]2C1=O. The molecule has 0 bridgehead atoms. The summed E-state index contributed by atoms with van der Waals surface area (Å²) in [7, 11) is 0. The van der Waals surface area contributed by atoms with Gasteiger partial charge in [0.2, 0.25) is 11.8 Å². The van der Waals surface area contributed by atoms with Crippen molar-refractivity contribution < 1.29 is 23.9 Å². The van der Waals surface area contributed by atoms with Gasteiger partial charge >= 0.3 is 5.97 Å². The number of allylic oxidation sites excluding steroid dienone is 2. The number of amides is 3. The molecule has 1 aromatic heterocycles. The van der Waals surface area contributed by atoms with Crippen molar-refractivity contribution >= 4 is 29.5 Å². The second-order valence-corrected chi connectivity index (χ2v) is 9.17. The summed E-state index contributed by atoms with van der Waals surface area (Å²) in [5.74, 6) is -2.23. The Hall–Kier alpha value is -2.97. The Kier molecular flexibility index (Phi) is 7.16. The smallest absolute Gasteiger partial charge is 0.330 e. The van der Waals surface area contributed by atoms with E-state index in [2.05, 4.69) is 10.4 Å². The molecule has 9 heteroatoms. The number of esters is 1. The number of fused-ring (bicyclic) bond motifs is 1. The van der Waals surface area contributed by atoms with Gasteiger partial charge < -0.3 is 10.1 Å². The van der Waals surface area contributed by atoms with Gasteiger partial charge in [0.1, 0.15) is 11.9 Å². The molecule has 1 fully saturated rings. The highest BCUT2D eigenvalue weighted by molar-refractivity contribution is 6.08. The van der Waals surface area contributed by atoms with Gasteiger partial charge in [-0.2, -0.15) is 5.10 Å². The van der Waals surface area contributed by atoms with Gasteiger partial charge in [-0.1, -0.05) is 26.0 Å². The first-order valence-electron chi connectivity index (χ1n) is 11.2. The van der Waals surface area contributed by atoms with Crippen molar-refractivity contribution in [3.8, 4) is 0 Å². The largest absolute Gasteiger partial charge is 0.451 e. The van der Waals surface area contributed by atoms with Crippen molar-refractivity contribution in [3.63, 3.8) is 0 Å². The molecule has 1 N–H and O–H groups in total. The summed E-state index contributed by atoms with van der Waals surface area (Å²) in [6.07, 6.45) is 5.54. The third kappa shape index (κ3) is 4.76. The molecule has 3 rings (SSSR count). The van der Waals surface area contributed by atoms with Crippen molar-refractivity contribution in [2.75, 3.05) is 5.32 Å². The van der Waals surface area contributed by atoms with E-state index in [1.807, 2.05) is 39.8 Å². The lowest BCUT2D eigenvalue weighted by Crippen LogP contribution is -2.48. The Morgan fingerprint density at radius 3 is 2.22 bits per heavy atom. The van der Waals surface area contributed by atoms with Crippen LogP contribution in [0.3, 0.4) is 0 Å². The average Bonchev–Trinajstić information content (AvgIpc) is 3.29. The van der Waals surface area contributed by atoms with Crippen molar-refractivity contribution in [1.29, 1.82) is 0 Å². The second-order valence-electron chi connectivity index (χ2n) is 9.17. The lowest BCUT2D eigenvalue weighted by molar-refractivity contribution is -0.164. The highest BCUT2D eigenvalue weighted by Gasteiger charge is 2.51. The lowest BCUT2D eigenvalue weighted by atomic mass is 9.85. The normalized spacial score (nSPS) is 22.3. The van der Waals surface area contributed by atoms with Crippen LogP contribution in [0, 0.1) is 17.8 Å². The van der Waals surface area contributed by atoms with Gasteiger partial charge in [-0.05, 0) is 46.0 Å². The van der Waals surface area contributed by atoms with Crippen LogP contribution in [0.25, 0.3) is 0 Å². The third-order valence-electron chi connectivity index (χ3n) is 5.89. The maximum absolute atomic E-state index is 13.1. The minimum atomic E-state index is -1.11. The van der Waals surface area contributed by atoms with Crippen molar-refractivity contribution in [2.45, 2.75) is 72.1 Å². The number of nitrogens with one attached hydrogen (secondary N) is 1. The van der Waals surface area contributed by atoms with E-state index in [-0.39, 0.29) is 30.2 Å². The van der Waals surface area contributed by atoms with E-state index in [9.17, 15) is 19.2 Å². The number of nitrogens with zero attached hydrogens (tertiary/aromatic N) is 3. The van der Waals surface area contributed by atoms with Crippen LogP contribution in [0.5, 0.6) is 0 Å². The summed E-state index contributed by atoms with van der Waals surface area (Å²) in [6.45, 7) is 9.14. The van der Waals surface area contributed by atoms with Crippen LogP contribution in [-0.4, -0.2) is 50.5 Å². The topological polar surface area (TPSA) is 111 Å². The molecule has 1 aliphatic heterocycles. The van der Waals surface area contributed by atoms with Gasteiger partial charge in [-0.15, -0.1) is 0 Å². The molecule has 1 aliphatic carbocycles. The van der Waals surface area contributed by atoms with Crippen molar-refractivity contribution in [2.24, 2.45) is 17.8 Å². The van der Waals surface area contributed by atoms with Crippen LogP contribution in [0.2, 0.25) is 0 Å². The molecule has 1 saturated heterocycles. The Morgan fingerprint density at radius 2 is 1.69 bits per heavy atom. The van der Waals surface area contributed by atoms with Crippen molar-refractivity contribution in [3.05, 3.63) is 24.4 Å². The van der Waals surface area contributed by atoms with E-state index in [0.29, 0.717) is 18.7 Å². The van der Waals surface area contributed by atoms with Crippen LogP contribution in [-0.2, 0) is 23.9 Å². The molecule has 4 atom stereocenters. The van der Waals surface area contributed by atoms with Crippen molar-refractivity contribution in [1.82, 2.24) is 14.7 Å². The van der Waals surface area contributed by atoms with E-state index in [1.165, 1.54) is 6.92 Å². The fourth-order valence-electron chi connectivity index (χ4n) is 4.25. The molecule has 9 nitrogen and oxygen atoms in total. The number of hydrogen-bond acceptors (Lipinski definition) is 6. The Morgan fingerprint density at radius 1 is 1.09 bits per heavy atom. The number of ether oxygens (including phenoxy) is 1. The number of aromatic nitrogens is 2. The van der Waals surface area contributed by atoms with Crippen LogP contribution in [0.15, 0.2) is 24.4 Å². The molecule has 2 aliphatic rings. The summed E-state index contributed by atoms with van der Waals surface area (Å²) >= 11 is 0. The maximum atomic E-state index is 13.1. The van der Waals surface area contributed by atoms with Gasteiger partial charge in [0.15, 0.2) is 6.10 Å². The maximum Gasteiger partial charge on any atom is 0.330 e. The first-order chi connectivity index (χ1) is 15.1. The molecule has 2 heterocycles. The molecule has 0 radical (unpaired) electrons. The van der Waals surface area contributed by atoms with Crippen LogP contribution in [0.4, 0.5) is 5.82 Å². The number of carbonyl (C=O) groups excluding carboxylic acids is 4. The van der Waals surface area contributed by atoms with E-state index in [0.717, 1.165) is 4.90 Å².